The summed E-state index contributed by atoms with van der Waals surface area (Å²) < 4.78 is 5.37. The van der Waals surface area contributed by atoms with E-state index >= 15 is 0 Å². The molecule has 4 heterocycles. The molecule has 7 heteroatoms. The molecule has 0 unspecified atom stereocenters. The second-order valence-corrected chi connectivity index (χ2v) is 5.16. The second kappa shape index (κ2) is 5.27. The van der Waals surface area contributed by atoms with Crippen molar-refractivity contribution in [2.24, 2.45) is 0 Å². The molecule has 1 saturated heterocycles. The third kappa shape index (κ3) is 2.25. The third-order valence-corrected chi connectivity index (χ3v) is 3.76. The average Bonchev–Trinajstić information content (AvgIpc) is 2.99. The summed E-state index contributed by atoms with van der Waals surface area (Å²) in [6.07, 6.45) is 1.66. The van der Waals surface area contributed by atoms with E-state index in [1.807, 2.05) is 24.3 Å². The summed E-state index contributed by atoms with van der Waals surface area (Å²) in [6.45, 7) is 3.17. The summed E-state index contributed by atoms with van der Waals surface area (Å²) in [7, 11) is 0. The number of nitrogens with one attached hydrogen (secondary N) is 1. The summed E-state index contributed by atoms with van der Waals surface area (Å²) in [5.74, 6) is 2.06. The summed E-state index contributed by atoms with van der Waals surface area (Å²) in [6, 6.07) is 7.73. The van der Waals surface area contributed by atoms with Gasteiger partial charge in [-0.1, -0.05) is 0 Å². The zero-order valence-corrected chi connectivity index (χ0v) is 12.0. The quantitative estimate of drug-likeness (QED) is 0.743. The van der Waals surface area contributed by atoms with Crippen LogP contribution in [0.25, 0.3) is 22.6 Å². The molecule has 0 spiro atoms. The van der Waals surface area contributed by atoms with Crippen LogP contribution in [0.3, 0.4) is 0 Å². The van der Waals surface area contributed by atoms with Crippen LogP contribution in [0.1, 0.15) is 0 Å². The molecule has 0 atom stereocenters. The Balaban J connectivity index is 1.73. The average molecular weight is 296 g/mol. The van der Waals surface area contributed by atoms with Crippen molar-refractivity contribution in [1.29, 1.82) is 0 Å². The molecule has 112 valence electrons. The Morgan fingerprint density at radius 2 is 2.00 bits per heavy atom. The van der Waals surface area contributed by atoms with Gasteiger partial charge in [0.1, 0.15) is 17.5 Å². The highest BCUT2D eigenvalue weighted by Crippen LogP contribution is 2.24. The molecule has 22 heavy (non-hydrogen) atoms. The standard InChI is InChI=1S/C15H16N6O/c16-13-10(2-1-5-17-13)14-18-11-3-4-12(19-15(11)20-14)21-6-8-22-9-7-21/h1-5H,6-9H2,(H2,16,17)(H,18,19,20). The summed E-state index contributed by atoms with van der Waals surface area (Å²) in [5.41, 5.74) is 8.26. The number of aromatic amines is 1. The topological polar surface area (TPSA) is 92.9 Å². The zero-order chi connectivity index (χ0) is 14.9. The van der Waals surface area contributed by atoms with Crippen molar-refractivity contribution < 1.29 is 4.74 Å². The van der Waals surface area contributed by atoms with Gasteiger partial charge in [0.05, 0.1) is 24.3 Å². The smallest absolute Gasteiger partial charge is 0.180 e. The van der Waals surface area contributed by atoms with Gasteiger partial charge in [-0.2, -0.15) is 0 Å². The van der Waals surface area contributed by atoms with E-state index in [4.69, 9.17) is 10.5 Å². The number of imidazole rings is 1. The molecule has 0 amide bonds. The van der Waals surface area contributed by atoms with Crippen LogP contribution >= 0.6 is 0 Å². The largest absolute Gasteiger partial charge is 0.383 e. The normalized spacial score (nSPS) is 15.4. The molecule has 1 aliphatic rings. The highest BCUT2D eigenvalue weighted by atomic mass is 16.5. The molecule has 0 aromatic carbocycles. The number of fused-ring (bicyclic) bond motifs is 1. The summed E-state index contributed by atoms with van der Waals surface area (Å²) in [4.78, 5) is 18.7. The molecule has 0 bridgehead atoms. The fraction of sp³-hybridized carbons (Fsp3) is 0.267. The van der Waals surface area contributed by atoms with Gasteiger partial charge in [0.2, 0.25) is 0 Å². The Bertz CT molecular complexity index is 809. The SMILES string of the molecule is Nc1ncccc1-c1nc2nc(N3CCOCC3)ccc2[nH]1. The number of nitrogens with two attached hydrogens (primary N) is 1. The fourth-order valence-electron chi connectivity index (χ4n) is 2.60. The molecular formula is C15H16N6O. The van der Waals surface area contributed by atoms with Gasteiger partial charge in [0.25, 0.3) is 0 Å². The Kier molecular flexibility index (Phi) is 3.12. The van der Waals surface area contributed by atoms with Crippen LogP contribution in [0, 0.1) is 0 Å². The van der Waals surface area contributed by atoms with Crippen LogP contribution in [0.4, 0.5) is 11.6 Å². The fourth-order valence-corrected chi connectivity index (χ4v) is 2.60. The first-order valence-electron chi connectivity index (χ1n) is 7.21. The minimum absolute atomic E-state index is 0.454. The minimum Gasteiger partial charge on any atom is -0.383 e. The van der Waals surface area contributed by atoms with E-state index in [-0.39, 0.29) is 0 Å². The maximum atomic E-state index is 5.91. The van der Waals surface area contributed by atoms with Crippen molar-refractivity contribution in [1.82, 2.24) is 19.9 Å². The van der Waals surface area contributed by atoms with Gasteiger partial charge in [-0.3, -0.25) is 0 Å². The molecule has 1 fully saturated rings. The second-order valence-electron chi connectivity index (χ2n) is 5.16. The van der Waals surface area contributed by atoms with Gasteiger partial charge in [-0.25, -0.2) is 15.0 Å². The predicted octanol–water partition coefficient (Wildman–Crippen LogP) is 1.44. The lowest BCUT2D eigenvalue weighted by molar-refractivity contribution is 0.122. The molecule has 4 rings (SSSR count). The summed E-state index contributed by atoms with van der Waals surface area (Å²) in [5, 5.41) is 0. The highest BCUT2D eigenvalue weighted by Gasteiger charge is 2.15. The van der Waals surface area contributed by atoms with Gasteiger partial charge in [-0.05, 0) is 24.3 Å². The van der Waals surface area contributed by atoms with Crippen molar-refractivity contribution >= 4 is 22.8 Å². The Morgan fingerprint density at radius 3 is 2.82 bits per heavy atom. The van der Waals surface area contributed by atoms with Crippen LogP contribution in [-0.4, -0.2) is 46.2 Å². The molecule has 1 aliphatic heterocycles. The van der Waals surface area contributed by atoms with Gasteiger partial charge in [0, 0.05) is 19.3 Å². The predicted molar refractivity (Wildman–Crippen MR) is 84.6 cm³/mol. The molecular weight excluding hydrogens is 280 g/mol. The van der Waals surface area contributed by atoms with E-state index in [9.17, 15) is 0 Å². The number of aromatic nitrogens is 4. The van der Waals surface area contributed by atoms with Crippen LogP contribution in [0.2, 0.25) is 0 Å². The van der Waals surface area contributed by atoms with E-state index in [1.54, 1.807) is 6.20 Å². The first-order valence-corrected chi connectivity index (χ1v) is 7.21. The Labute approximate surface area is 127 Å². The van der Waals surface area contributed by atoms with Gasteiger partial charge in [-0.15, -0.1) is 0 Å². The van der Waals surface area contributed by atoms with Gasteiger partial charge in [0.15, 0.2) is 5.65 Å². The lowest BCUT2D eigenvalue weighted by Gasteiger charge is -2.27. The maximum Gasteiger partial charge on any atom is 0.180 e. The molecule has 0 saturated carbocycles. The number of nitrogen functional groups attached to an aromatic ring is 1. The molecule has 3 aromatic rings. The summed E-state index contributed by atoms with van der Waals surface area (Å²) >= 11 is 0. The number of nitrogens with zero attached hydrogens (tertiary/aromatic N) is 4. The molecule has 3 N–H and O–H groups in total. The van der Waals surface area contributed by atoms with Crippen molar-refractivity contribution in [3.8, 4) is 11.4 Å². The van der Waals surface area contributed by atoms with E-state index in [2.05, 4.69) is 24.8 Å². The lowest BCUT2D eigenvalue weighted by Crippen LogP contribution is -2.36. The van der Waals surface area contributed by atoms with Gasteiger partial charge >= 0.3 is 0 Å². The van der Waals surface area contributed by atoms with E-state index in [0.29, 0.717) is 17.3 Å². The number of hydrogen-bond acceptors (Lipinski definition) is 6. The van der Waals surface area contributed by atoms with Crippen LogP contribution in [0.15, 0.2) is 30.5 Å². The minimum atomic E-state index is 0.454. The molecule has 0 aliphatic carbocycles. The number of anilines is 2. The first kappa shape index (κ1) is 13.0. The number of rotatable bonds is 2. The maximum absolute atomic E-state index is 5.91. The number of H-pyrrole nitrogens is 1. The van der Waals surface area contributed by atoms with Crippen molar-refractivity contribution in [2.75, 3.05) is 36.9 Å². The van der Waals surface area contributed by atoms with Crippen LogP contribution in [-0.2, 0) is 4.74 Å². The number of hydrogen-bond donors (Lipinski definition) is 2. The molecule has 7 nitrogen and oxygen atoms in total. The van der Waals surface area contributed by atoms with Crippen molar-refractivity contribution in [3.63, 3.8) is 0 Å². The monoisotopic (exact) mass is 296 g/mol. The molecule has 3 aromatic heterocycles. The Hall–Kier alpha value is -2.67. The van der Waals surface area contributed by atoms with E-state index in [1.165, 1.54) is 0 Å². The van der Waals surface area contributed by atoms with E-state index in [0.717, 1.165) is 43.2 Å². The van der Waals surface area contributed by atoms with Crippen molar-refractivity contribution in [3.05, 3.63) is 30.5 Å². The van der Waals surface area contributed by atoms with E-state index < -0.39 is 0 Å². The van der Waals surface area contributed by atoms with Crippen molar-refractivity contribution in [2.45, 2.75) is 0 Å². The highest BCUT2D eigenvalue weighted by molar-refractivity contribution is 5.80. The zero-order valence-electron chi connectivity index (χ0n) is 12.0. The number of morpholine rings is 1. The Morgan fingerprint density at radius 1 is 1.14 bits per heavy atom. The number of ether oxygens (including phenoxy) is 1. The number of pyridine rings is 2. The van der Waals surface area contributed by atoms with Gasteiger partial charge < -0.3 is 20.4 Å². The first-order chi connectivity index (χ1) is 10.8. The molecule has 0 radical (unpaired) electrons. The lowest BCUT2D eigenvalue weighted by atomic mass is 10.2. The third-order valence-electron chi connectivity index (χ3n) is 3.76. The van der Waals surface area contributed by atoms with Crippen LogP contribution in [0.5, 0.6) is 0 Å². The van der Waals surface area contributed by atoms with Crippen LogP contribution < -0.4 is 10.6 Å².